The predicted molar refractivity (Wildman–Crippen MR) is 113 cm³/mol. The van der Waals surface area contributed by atoms with E-state index in [-0.39, 0.29) is 17.8 Å². The minimum absolute atomic E-state index is 0.00586. The zero-order valence-corrected chi connectivity index (χ0v) is 17.1. The number of aromatic nitrogens is 3. The van der Waals surface area contributed by atoms with Crippen LogP contribution in [0.15, 0.2) is 67.0 Å². The lowest BCUT2D eigenvalue weighted by Crippen LogP contribution is -2.09. The molecule has 0 N–H and O–H groups in total. The van der Waals surface area contributed by atoms with Gasteiger partial charge in [0.25, 0.3) is 0 Å². The number of alkyl halides is 3. The summed E-state index contributed by atoms with van der Waals surface area (Å²) in [6, 6.07) is 13.3. The summed E-state index contributed by atoms with van der Waals surface area (Å²) in [6.45, 7) is 1.76. The average molecular weight is 437 g/mol. The van der Waals surface area contributed by atoms with Crippen LogP contribution in [0.3, 0.4) is 0 Å². The maximum absolute atomic E-state index is 13.0. The van der Waals surface area contributed by atoms with Crippen LogP contribution < -0.4 is 0 Å². The van der Waals surface area contributed by atoms with E-state index in [1.54, 1.807) is 41.9 Å². The van der Waals surface area contributed by atoms with Crippen molar-refractivity contribution in [1.82, 2.24) is 14.6 Å². The number of Topliss-reactive ketones (excluding diaryl/α,β-unsaturated/α-hetero) is 2. The SMILES string of the molecule is CCC(=O)c1cnn2c(-c3cccc(CC(=O)c4cccc(C(F)(F)F)c4)c3)ccnc12. The van der Waals surface area contributed by atoms with Crippen molar-refractivity contribution in [3.8, 4) is 11.3 Å². The van der Waals surface area contributed by atoms with E-state index in [4.69, 9.17) is 0 Å². The number of hydrogen-bond acceptors (Lipinski definition) is 4. The molecule has 0 saturated carbocycles. The zero-order valence-electron chi connectivity index (χ0n) is 17.1. The van der Waals surface area contributed by atoms with E-state index in [1.807, 2.05) is 6.07 Å². The molecular weight excluding hydrogens is 419 g/mol. The summed E-state index contributed by atoms with van der Waals surface area (Å²) in [4.78, 5) is 29.0. The summed E-state index contributed by atoms with van der Waals surface area (Å²) in [5.41, 5.74) is 2.10. The van der Waals surface area contributed by atoms with E-state index in [0.717, 1.165) is 17.7 Å². The molecule has 0 atom stereocenters. The molecular formula is C24H18F3N3O2. The standard InChI is InChI=1S/C24H18F3N3O2/c1-2-21(31)19-14-29-30-20(9-10-28-23(19)30)16-6-3-5-15(11-16)12-22(32)17-7-4-8-18(13-17)24(25,26)27/h3-11,13-14H,2,12H2,1H3. The van der Waals surface area contributed by atoms with Crippen LogP contribution in [0.4, 0.5) is 13.2 Å². The Morgan fingerprint density at radius 2 is 1.78 bits per heavy atom. The van der Waals surface area contributed by atoms with Crippen LogP contribution in [0.5, 0.6) is 0 Å². The quantitative estimate of drug-likeness (QED) is 0.377. The van der Waals surface area contributed by atoms with Crippen molar-refractivity contribution in [2.24, 2.45) is 0 Å². The van der Waals surface area contributed by atoms with Gasteiger partial charge >= 0.3 is 6.18 Å². The lowest BCUT2D eigenvalue weighted by atomic mass is 9.99. The zero-order chi connectivity index (χ0) is 22.9. The summed E-state index contributed by atoms with van der Waals surface area (Å²) in [5, 5.41) is 4.29. The second-order valence-corrected chi connectivity index (χ2v) is 7.28. The Morgan fingerprint density at radius 3 is 2.53 bits per heavy atom. The first kappa shape index (κ1) is 21.4. The van der Waals surface area contributed by atoms with Crippen LogP contribution in [0.2, 0.25) is 0 Å². The number of ketones is 2. The molecule has 0 aliphatic rings. The lowest BCUT2D eigenvalue weighted by Gasteiger charge is -2.09. The van der Waals surface area contributed by atoms with E-state index in [9.17, 15) is 22.8 Å². The van der Waals surface area contributed by atoms with Crippen LogP contribution in [-0.2, 0) is 12.6 Å². The predicted octanol–water partition coefficient (Wildman–Crippen LogP) is 5.43. The minimum atomic E-state index is -4.51. The molecule has 2 heterocycles. The highest BCUT2D eigenvalue weighted by atomic mass is 19.4. The molecule has 0 unspecified atom stereocenters. The van der Waals surface area contributed by atoms with Crippen LogP contribution in [0.25, 0.3) is 16.9 Å². The van der Waals surface area contributed by atoms with Crippen LogP contribution in [0, 0.1) is 0 Å². The van der Waals surface area contributed by atoms with Crippen LogP contribution in [-0.4, -0.2) is 26.2 Å². The van der Waals surface area contributed by atoms with Gasteiger partial charge in [0.05, 0.1) is 23.0 Å². The topological polar surface area (TPSA) is 64.3 Å². The number of nitrogens with zero attached hydrogens (tertiary/aromatic N) is 3. The van der Waals surface area contributed by atoms with Gasteiger partial charge in [-0.1, -0.05) is 37.3 Å². The van der Waals surface area contributed by atoms with E-state index < -0.39 is 17.5 Å². The van der Waals surface area contributed by atoms with Crippen molar-refractivity contribution in [2.45, 2.75) is 25.9 Å². The number of benzene rings is 2. The molecule has 0 aliphatic carbocycles. The van der Waals surface area contributed by atoms with E-state index >= 15 is 0 Å². The fraction of sp³-hybridized carbons (Fsp3) is 0.167. The molecule has 32 heavy (non-hydrogen) atoms. The summed E-state index contributed by atoms with van der Waals surface area (Å²) in [6.07, 6.45) is -1.16. The first-order valence-corrected chi connectivity index (χ1v) is 9.93. The second kappa shape index (κ2) is 8.37. The highest BCUT2D eigenvalue weighted by molar-refractivity contribution is 6.01. The molecule has 5 nitrogen and oxygen atoms in total. The van der Waals surface area contributed by atoms with E-state index in [0.29, 0.717) is 28.9 Å². The number of carbonyl (C=O) groups excluding carboxylic acids is 2. The Labute approximate surface area is 181 Å². The highest BCUT2D eigenvalue weighted by Gasteiger charge is 2.30. The van der Waals surface area contributed by atoms with Crippen molar-refractivity contribution in [3.63, 3.8) is 0 Å². The number of carbonyl (C=O) groups is 2. The van der Waals surface area contributed by atoms with Gasteiger partial charge < -0.3 is 0 Å². The third-order valence-corrected chi connectivity index (χ3v) is 5.12. The molecule has 0 amide bonds. The molecule has 2 aromatic heterocycles. The molecule has 0 fully saturated rings. The third-order valence-electron chi connectivity index (χ3n) is 5.12. The molecule has 8 heteroatoms. The summed E-state index contributed by atoms with van der Waals surface area (Å²) < 4.78 is 40.4. The number of rotatable bonds is 6. The number of fused-ring (bicyclic) bond motifs is 1. The van der Waals surface area contributed by atoms with Crippen molar-refractivity contribution in [3.05, 3.63) is 89.2 Å². The molecule has 2 aromatic carbocycles. The highest BCUT2D eigenvalue weighted by Crippen LogP contribution is 2.30. The van der Waals surface area contributed by atoms with Crippen molar-refractivity contribution in [2.75, 3.05) is 0 Å². The maximum atomic E-state index is 13.0. The molecule has 0 saturated heterocycles. The monoisotopic (exact) mass is 437 g/mol. The largest absolute Gasteiger partial charge is 0.416 e. The van der Waals surface area contributed by atoms with Crippen molar-refractivity contribution >= 4 is 17.2 Å². The Bertz CT molecular complexity index is 1330. The molecule has 0 spiro atoms. The van der Waals surface area contributed by atoms with Crippen molar-refractivity contribution < 1.29 is 22.8 Å². The van der Waals surface area contributed by atoms with Gasteiger partial charge in [-0.15, -0.1) is 0 Å². The van der Waals surface area contributed by atoms with Gasteiger partial charge in [0.1, 0.15) is 0 Å². The van der Waals surface area contributed by atoms with Crippen LogP contribution in [0.1, 0.15) is 45.2 Å². The van der Waals surface area contributed by atoms with Crippen LogP contribution >= 0.6 is 0 Å². The first-order valence-electron chi connectivity index (χ1n) is 9.93. The van der Waals surface area contributed by atoms with Gasteiger partial charge in [-0.2, -0.15) is 18.3 Å². The maximum Gasteiger partial charge on any atom is 0.416 e. The first-order chi connectivity index (χ1) is 15.3. The molecule has 4 rings (SSSR count). The Balaban J connectivity index is 1.65. The second-order valence-electron chi connectivity index (χ2n) is 7.28. The van der Waals surface area contributed by atoms with E-state index in [1.165, 1.54) is 18.3 Å². The number of hydrogen-bond donors (Lipinski definition) is 0. The summed E-state index contributed by atoms with van der Waals surface area (Å²) in [5.74, 6) is -0.479. The average Bonchev–Trinajstić information content (AvgIpc) is 3.22. The molecule has 0 radical (unpaired) electrons. The lowest BCUT2D eigenvalue weighted by molar-refractivity contribution is -0.137. The third kappa shape index (κ3) is 4.16. The Morgan fingerprint density at radius 1 is 1.00 bits per heavy atom. The molecule has 4 aromatic rings. The van der Waals surface area contributed by atoms with E-state index in [2.05, 4.69) is 10.1 Å². The Kier molecular flexibility index (Phi) is 5.61. The Hall–Kier alpha value is -3.81. The van der Waals surface area contributed by atoms with Gasteiger partial charge in [-0.25, -0.2) is 9.50 Å². The fourth-order valence-electron chi connectivity index (χ4n) is 3.49. The van der Waals surface area contributed by atoms with Gasteiger partial charge in [0.15, 0.2) is 17.2 Å². The molecule has 0 aliphatic heterocycles. The smallest absolute Gasteiger partial charge is 0.294 e. The normalized spacial score (nSPS) is 11.6. The fourth-order valence-corrected chi connectivity index (χ4v) is 3.49. The molecule has 162 valence electrons. The minimum Gasteiger partial charge on any atom is -0.294 e. The summed E-state index contributed by atoms with van der Waals surface area (Å²) >= 11 is 0. The number of halogens is 3. The van der Waals surface area contributed by atoms with Crippen molar-refractivity contribution in [1.29, 1.82) is 0 Å². The van der Waals surface area contributed by atoms with Gasteiger partial charge in [-0.3, -0.25) is 9.59 Å². The van der Waals surface area contributed by atoms with Gasteiger partial charge in [0, 0.05) is 30.2 Å². The molecule has 0 bridgehead atoms. The van der Waals surface area contributed by atoms with Gasteiger partial charge in [-0.05, 0) is 29.8 Å². The van der Waals surface area contributed by atoms with Gasteiger partial charge in [0.2, 0.25) is 0 Å². The summed E-state index contributed by atoms with van der Waals surface area (Å²) in [7, 11) is 0.